The van der Waals surface area contributed by atoms with E-state index in [2.05, 4.69) is 23.9 Å². The summed E-state index contributed by atoms with van der Waals surface area (Å²) in [4.78, 5) is 13.5. The van der Waals surface area contributed by atoms with Crippen molar-refractivity contribution in [1.82, 2.24) is 10.1 Å². The van der Waals surface area contributed by atoms with Crippen LogP contribution in [0.4, 0.5) is 0 Å². The highest BCUT2D eigenvalue weighted by molar-refractivity contribution is 5.91. The quantitative estimate of drug-likeness (QED) is 0.934. The molecule has 0 radical (unpaired) electrons. The number of carboxylic acid groups (broad SMARTS) is 1. The van der Waals surface area contributed by atoms with Crippen LogP contribution in [0.1, 0.15) is 47.1 Å². The highest BCUT2D eigenvalue weighted by atomic mass is 16.5. The summed E-state index contributed by atoms with van der Waals surface area (Å²) < 4.78 is 11.1. The van der Waals surface area contributed by atoms with Crippen molar-refractivity contribution in [3.8, 4) is 5.75 Å². The van der Waals surface area contributed by atoms with E-state index in [4.69, 9.17) is 9.26 Å². The Morgan fingerprint density at radius 1 is 1.43 bits per heavy atom. The highest BCUT2D eigenvalue weighted by Gasteiger charge is 2.22. The zero-order chi connectivity index (χ0) is 16.4. The maximum Gasteiger partial charge on any atom is 0.339 e. The van der Waals surface area contributed by atoms with E-state index in [9.17, 15) is 9.90 Å². The van der Waals surface area contributed by atoms with Crippen molar-refractivity contribution in [2.24, 2.45) is 0 Å². The van der Waals surface area contributed by atoms with Crippen LogP contribution in [0, 0.1) is 0 Å². The number of benzene rings is 1. The summed E-state index contributed by atoms with van der Waals surface area (Å²) in [7, 11) is 0. The van der Waals surface area contributed by atoms with Crippen molar-refractivity contribution in [3.63, 3.8) is 0 Å². The molecule has 1 aliphatic heterocycles. The van der Waals surface area contributed by atoms with Crippen LogP contribution in [0.15, 0.2) is 28.8 Å². The number of carbonyl (C=O) groups is 1. The SMILES string of the molecule is CC(C)c1cc(CN2CCOc3c(cccc3C(=O)O)C2)on1. The summed E-state index contributed by atoms with van der Waals surface area (Å²) in [5.41, 5.74) is 2.04. The van der Waals surface area contributed by atoms with Gasteiger partial charge in [0.05, 0.1) is 12.2 Å². The van der Waals surface area contributed by atoms with E-state index in [1.165, 1.54) is 0 Å². The first-order valence-corrected chi connectivity index (χ1v) is 7.70. The van der Waals surface area contributed by atoms with Gasteiger partial charge in [-0.3, -0.25) is 4.90 Å². The maximum atomic E-state index is 11.3. The van der Waals surface area contributed by atoms with Gasteiger partial charge in [-0.25, -0.2) is 4.79 Å². The van der Waals surface area contributed by atoms with E-state index in [-0.39, 0.29) is 5.56 Å². The molecule has 122 valence electrons. The molecule has 0 amide bonds. The van der Waals surface area contributed by atoms with Crippen LogP contribution in [-0.4, -0.2) is 34.3 Å². The molecule has 0 fully saturated rings. The van der Waals surface area contributed by atoms with E-state index >= 15 is 0 Å². The second-order valence-electron chi connectivity index (χ2n) is 6.03. The summed E-state index contributed by atoms with van der Waals surface area (Å²) in [6.45, 7) is 6.54. The van der Waals surface area contributed by atoms with Gasteiger partial charge in [0.1, 0.15) is 17.9 Å². The third-order valence-corrected chi connectivity index (χ3v) is 3.92. The standard InChI is InChI=1S/C17H20N2O4/c1-11(2)15-8-13(23-18-15)10-19-6-7-22-16-12(9-19)4-3-5-14(16)17(20)21/h3-5,8,11H,6-7,9-10H2,1-2H3,(H,20,21). The van der Waals surface area contributed by atoms with Crippen molar-refractivity contribution >= 4 is 5.97 Å². The van der Waals surface area contributed by atoms with E-state index in [0.717, 1.165) is 17.0 Å². The third kappa shape index (κ3) is 3.37. The van der Waals surface area contributed by atoms with E-state index in [1.807, 2.05) is 12.1 Å². The van der Waals surface area contributed by atoms with Crippen molar-refractivity contribution in [3.05, 3.63) is 46.8 Å². The largest absolute Gasteiger partial charge is 0.491 e. The zero-order valence-electron chi connectivity index (χ0n) is 13.3. The number of ether oxygens (including phenoxy) is 1. The van der Waals surface area contributed by atoms with Crippen LogP contribution in [0.25, 0.3) is 0 Å². The Kier molecular flexibility index (Phi) is 4.34. The Bertz CT molecular complexity index is 708. The fourth-order valence-corrected chi connectivity index (χ4v) is 2.68. The predicted octanol–water partition coefficient (Wildman–Crippen LogP) is 2.89. The first-order chi connectivity index (χ1) is 11.0. The molecule has 23 heavy (non-hydrogen) atoms. The van der Waals surface area contributed by atoms with Gasteiger partial charge >= 0.3 is 5.97 Å². The van der Waals surface area contributed by atoms with E-state index in [0.29, 0.717) is 37.9 Å². The Morgan fingerprint density at radius 3 is 2.96 bits per heavy atom. The molecule has 3 rings (SSSR count). The van der Waals surface area contributed by atoms with Crippen molar-refractivity contribution in [2.45, 2.75) is 32.9 Å². The van der Waals surface area contributed by atoms with Crippen molar-refractivity contribution in [1.29, 1.82) is 0 Å². The average molecular weight is 316 g/mol. The number of para-hydroxylation sites is 1. The molecule has 0 atom stereocenters. The number of hydrogen-bond acceptors (Lipinski definition) is 5. The molecular formula is C17H20N2O4. The number of aromatic nitrogens is 1. The molecule has 2 heterocycles. The van der Waals surface area contributed by atoms with E-state index in [1.54, 1.807) is 12.1 Å². The zero-order valence-corrected chi connectivity index (χ0v) is 13.3. The molecular weight excluding hydrogens is 296 g/mol. The van der Waals surface area contributed by atoms with Gasteiger partial charge in [-0.15, -0.1) is 0 Å². The molecule has 1 N–H and O–H groups in total. The monoisotopic (exact) mass is 316 g/mol. The fourth-order valence-electron chi connectivity index (χ4n) is 2.68. The molecule has 6 nitrogen and oxygen atoms in total. The van der Waals surface area contributed by atoms with Gasteiger partial charge in [-0.2, -0.15) is 0 Å². The lowest BCUT2D eigenvalue weighted by atomic mass is 10.1. The minimum Gasteiger partial charge on any atom is -0.491 e. The Hall–Kier alpha value is -2.34. The van der Waals surface area contributed by atoms with Crippen molar-refractivity contribution < 1.29 is 19.2 Å². The van der Waals surface area contributed by atoms with Crippen LogP contribution >= 0.6 is 0 Å². The van der Waals surface area contributed by atoms with Gasteiger partial charge in [-0.1, -0.05) is 31.1 Å². The molecule has 0 unspecified atom stereocenters. The van der Waals surface area contributed by atoms with Crippen LogP contribution in [0.2, 0.25) is 0 Å². The molecule has 0 spiro atoms. The first-order valence-electron chi connectivity index (χ1n) is 7.70. The van der Waals surface area contributed by atoms with Crippen LogP contribution in [-0.2, 0) is 13.1 Å². The lowest BCUT2D eigenvalue weighted by Gasteiger charge is -2.17. The second-order valence-corrected chi connectivity index (χ2v) is 6.03. The summed E-state index contributed by atoms with van der Waals surface area (Å²) >= 11 is 0. The molecule has 1 aliphatic rings. The maximum absolute atomic E-state index is 11.3. The third-order valence-electron chi connectivity index (χ3n) is 3.92. The number of fused-ring (bicyclic) bond motifs is 1. The summed E-state index contributed by atoms with van der Waals surface area (Å²) in [5, 5.41) is 13.3. The molecule has 2 aromatic rings. The highest BCUT2D eigenvalue weighted by Crippen LogP contribution is 2.28. The molecule has 1 aromatic carbocycles. The van der Waals surface area contributed by atoms with Gasteiger partial charge in [-0.05, 0) is 12.0 Å². The first kappa shape index (κ1) is 15.6. The van der Waals surface area contributed by atoms with E-state index < -0.39 is 5.97 Å². The summed E-state index contributed by atoms with van der Waals surface area (Å²) in [5.74, 6) is 0.653. The van der Waals surface area contributed by atoms with Gasteiger partial charge in [0.25, 0.3) is 0 Å². The molecule has 0 saturated heterocycles. The Morgan fingerprint density at radius 2 is 2.26 bits per heavy atom. The predicted molar refractivity (Wildman–Crippen MR) is 83.6 cm³/mol. The van der Waals surface area contributed by atoms with Crippen LogP contribution in [0.3, 0.4) is 0 Å². The minimum atomic E-state index is -0.966. The summed E-state index contributed by atoms with van der Waals surface area (Å²) in [6, 6.07) is 7.20. The van der Waals surface area contributed by atoms with Gasteiger partial charge in [0.15, 0.2) is 5.76 Å². The number of hydrogen-bond donors (Lipinski definition) is 1. The normalized spacial score (nSPS) is 15.1. The van der Waals surface area contributed by atoms with Crippen molar-refractivity contribution in [2.75, 3.05) is 13.2 Å². The number of carboxylic acids is 1. The number of rotatable bonds is 4. The van der Waals surface area contributed by atoms with Gasteiger partial charge in [0, 0.05) is 24.7 Å². The number of aromatic carboxylic acids is 1. The topological polar surface area (TPSA) is 75.8 Å². The lowest BCUT2D eigenvalue weighted by molar-refractivity contribution is 0.0692. The molecule has 0 bridgehead atoms. The lowest BCUT2D eigenvalue weighted by Crippen LogP contribution is -2.25. The van der Waals surface area contributed by atoms with Crippen LogP contribution < -0.4 is 4.74 Å². The van der Waals surface area contributed by atoms with Gasteiger partial charge < -0.3 is 14.4 Å². The van der Waals surface area contributed by atoms with Crippen LogP contribution in [0.5, 0.6) is 5.75 Å². The van der Waals surface area contributed by atoms with Gasteiger partial charge in [0.2, 0.25) is 0 Å². The second kappa shape index (κ2) is 6.42. The fraction of sp³-hybridized carbons (Fsp3) is 0.412. The smallest absolute Gasteiger partial charge is 0.339 e. The average Bonchev–Trinajstić information content (AvgIpc) is 2.87. The molecule has 0 aliphatic carbocycles. The minimum absolute atomic E-state index is 0.214. The molecule has 0 saturated carbocycles. The Balaban J connectivity index is 1.78. The summed E-state index contributed by atoms with van der Waals surface area (Å²) in [6.07, 6.45) is 0. The molecule has 1 aromatic heterocycles. The Labute approximate surface area is 134 Å². The number of nitrogens with zero attached hydrogens (tertiary/aromatic N) is 2. The molecule has 6 heteroatoms.